The van der Waals surface area contributed by atoms with Crippen molar-refractivity contribution in [3.8, 4) is 6.07 Å². The molecular formula is C16H16BrN3O. The molecule has 108 valence electrons. The molecule has 0 aliphatic heterocycles. The van der Waals surface area contributed by atoms with Crippen LogP contribution < -0.4 is 4.90 Å². The minimum absolute atomic E-state index is 0.0136. The Kier molecular flexibility index (Phi) is 5.73. The Morgan fingerprint density at radius 1 is 1.29 bits per heavy atom. The molecule has 0 amide bonds. The van der Waals surface area contributed by atoms with Crippen molar-refractivity contribution in [2.24, 2.45) is 0 Å². The molecule has 1 aromatic heterocycles. The van der Waals surface area contributed by atoms with Crippen LogP contribution in [0.2, 0.25) is 0 Å². The fourth-order valence-electron chi connectivity index (χ4n) is 2.09. The lowest BCUT2D eigenvalue weighted by molar-refractivity contribution is 0.282. The number of anilines is 1. The summed E-state index contributed by atoms with van der Waals surface area (Å²) >= 11 is 3.54. The lowest BCUT2D eigenvalue weighted by Gasteiger charge is -2.25. The highest BCUT2D eigenvalue weighted by Gasteiger charge is 2.11. The average Bonchev–Trinajstić information content (AvgIpc) is 2.52. The van der Waals surface area contributed by atoms with Crippen molar-refractivity contribution in [3.63, 3.8) is 0 Å². The molecule has 0 saturated heterocycles. The summed E-state index contributed by atoms with van der Waals surface area (Å²) in [5.74, 6) is 0. The maximum atomic E-state index is 9.18. The van der Waals surface area contributed by atoms with Crippen molar-refractivity contribution in [3.05, 3.63) is 58.3 Å². The van der Waals surface area contributed by atoms with Gasteiger partial charge in [-0.05, 0) is 45.3 Å². The molecule has 2 aromatic rings. The van der Waals surface area contributed by atoms with Crippen LogP contribution in [0.25, 0.3) is 0 Å². The zero-order valence-electron chi connectivity index (χ0n) is 11.5. The molecule has 0 fully saturated rings. The second-order valence-corrected chi connectivity index (χ2v) is 5.49. The Bertz CT molecular complexity index is 625. The number of hydrogen-bond donors (Lipinski definition) is 1. The normalized spacial score (nSPS) is 10.1. The molecule has 0 saturated carbocycles. The maximum Gasteiger partial charge on any atom is 0.0682 e. The first kappa shape index (κ1) is 15.5. The first-order chi connectivity index (χ1) is 10.2. The van der Waals surface area contributed by atoms with Crippen molar-refractivity contribution in [2.45, 2.75) is 19.6 Å². The van der Waals surface area contributed by atoms with Crippen molar-refractivity contribution >= 4 is 21.6 Å². The first-order valence-electron chi connectivity index (χ1n) is 6.64. The van der Waals surface area contributed by atoms with Gasteiger partial charge in [-0.3, -0.25) is 4.98 Å². The van der Waals surface area contributed by atoms with Crippen LogP contribution in [0.5, 0.6) is 0 Å². The van der Waals surface area contributed by atoms with Gasteiger partial charge in [0.1, 0.15) is 0 Å². The van der Waals surface area contributed by atoms with Gasteiger partial charge in [0.15, 0.2) is 0 Å². The number of nitrogens with zero attached hydrogens (tertiary/aromatic N) is 3. The molecule has 0 radical (unpaired) electrons. The summed E-state index contributed by atoms with van der Waals surface area (Å²) in [5, 5.41) is 18.0. The first-order valence-corrected chi connectivity index (χ1v) is 7.44. The molecule has 5 heteroatoms. The number of nitriles is 1. The summed E-state index contributed by atoms with van der Waals surface area (Å²) in [4.78, 5) is 6.26. The Balaban J connectivity index is 2.25. The maximum absolute atomic E-state index is 9.18. The number of aromatic nitrogens is 1. The van der Waals surface area contributed by atoms with E-state index in [9.17, 15) is 5.11 Å². The topological polar surface area (TPSA) is 60.2 Å². The van der Waals surface area contributed by atoms with E-state index in [1.807, 2.05) is 36.5 Å². The van der Waals surface area contributed by atoms with Gasteiger partial charge < -0.3 is 10.0 Å². The molecule has 1 heterocycles. The van der Waals surface area contributed by atoms with Crippen LogP contribution in [-0.4, -0.2) is 16.6 Å². The second-order valence-electron chi connectivity index (χ2n) is 4.63. The molecule has 0 atom stereocenters. The van der Waals surface area contributed by atoms with Crippen LogP contribution >= 0.6 is 15.9 Å². The predicted molar refractivity (Wildman–Crippen MR) is 85.6 cm³/mol. The van der Waals surface area contributed by atoms with E-state index in [-0.39, 0.29) is 6.61 Å². The van der Waals surface area contributed by atoms with Gasteiger partial charge in [0.2, 0.25) is 0 Å². The van der Waals surface area contributed by atoms with E-state index in [4.69, 9.17) is 5.26 Å². The van der Waals surface area contributed by atoms with Gasteiger partial charge in [-0.15, -0.1) is 0 Å². The summed E-state index contributed by atoms with van der Waals surface area (Å²) in [6.07, 6.45) is 4.03. The summed E-state index contributed by atoms with van der Waals surface area (Å²) < 4.78 is 0.913. The third-order valence-corrected chi connectivity index (χ3v) is 3.76. The van der Waals surface area contributed by atoms with Gasteiger partial charge in [-0.25, -0.2) is 0 Å². The molecule has 0 aliphatic rings. The minimum Gasteiger partial charge on any atom is -0.392 e. The van der Waals surface area contributed by atoms with Gasteiger partial charge in [0.25, 0.3) is 0 Å². The molecule has 2 rings (SSSR count). The Labute approximate surface area is 132 Å². The molecule has 0 aliphatic carbocycles. The average molecular weight is 346 g/mol. The molecule has 0 bridgehead atoms. The minimum atomic E-state index is 0.0136. The largest absolute Gasteiger partial charge is 0.392 e. The van der Waals surface area contributed by atoms with Gasteiger partial charge >= 0.3 is 0 Å². The molecule has 4 nitrogen and oxygen atoms in total. The van der Waals surface area contributed by atoms with Crippen molar-refractivity contribution in [1.29, 1.82) is 5.26 Å². The third-order valence-electron chi connectivity index (χ3n) is 3.13. The summed E-state index contributed by atoms with van der Waals surface area (Å²) in [5.41, 5.74) is 2.95. The Morgan fingerprint density at radius 3 is 2.76 bits per heavy atom. The number of pyridine rings is 1. The third kappa shape index (κ3) is 4.28. The fourth-order valence-corrected chi connectivity index (χ4v) is 2.76. The smallest absolute Gasteiger partial charge is 0.0682 e. The lowest BCUT2D eigenvalue weighted by atomic mass is 10.1. The van der Waals surface area contributed by atoms with Crippen LogP contribution in [0, 0.1) is 11.3 Å². The van der Waals surface area contributed by atoms with E-state index >= 15 is 0 Å². The highest BCUT2D eigenvalue weighted by molar-refractivity contribution is 9.10. The van der Waals surface area contributed by atoms with Gasteiger partial charge in [-0.2, -0.15) is 5.26 Å². The summed E-state index contributed by atoms with van der Waals surface area (Å²) in [7, 11) is 0. The van der Waals surface area contributed by atoms with Gasteiger partial charge in [-0.1, -0.05) is 12.1 Å². The van der Waals surface area contributed by atoms with Gasteiger partial charge in [0.05, 0.1) is 24.8 Å². The van der Waals surface area contributed by atoms with Crippen LogP contribution in [0.3, 0.4) is 0 Å². The molecule has 1 N–H and O–H groups in total. The van der Waals surface area contributed by atoms with Crippen molar-refractivity contribution in [1.82, 2.24) is 4.98 Å². The van der Waals surface area contributed by atoms with Crippen LogP contribution in [0.4, 0.5) is 5.69 Å². The van der Waals surface area contributed by atoms with E-state index in [0.29, 0.717) is 19.5 Å². The Hall–Kier alpha value is -1.90. The van der Waals surface area contributed by atoms with E-state index in [2.05, 4.69) is 31.9 Å². The molecule has 0 spiro atoms. The monoisotopic (exact) mass is 345 g/mol. The molecular weight excluding hydrogens is 330 g/mol. The van der Waals surface area contributed by atoms with Crippen molar-refractivity contribution < 1.29 is 5.11 Å². The van der Waals surface area contributed by atoms with Crippen LogP contribution in [-0.2, 0) is 13.2 Å². The van der Waals surface area contributed by atoms with E-state index in [1.54, 1.807) is 6.20 Å². The van der Waals surface area contributed by atoms with E-state index < -0.39 is 0 Å². The quantitative estimate of drug-likeness (QED) is 0.872. The standard InChI is InChI=1S/C16H16BrN3O/c17-15-9-13(12-21)4-5-16(15)20(8-2-6-18)11-14-3-1-7-19-10-14/h1,3-5,7,9-10,21H,2,8,11-12H2. The second kappa shape index (κ2) is 7.77. The number of aliphatic hydroxyl groups excluding tert-OH is 1. The van der Waals surface area contributed by atoms with Crippen LogP contribution in [0.15, 0.2) is 47.2 Å². The molecule has 1 aromatic carbocycles. The van der Waals surface area contributed by atoms with Gasteiger partial charge in [0, 0.05) is 30.0 Å². The molecule has 21 heavy (non-hydrogen) atoms. The SMILES string of the molecule is N#CCCN(Cc1cccnc1)c1ccc(CO)cc1Br. The van der Waals surface area contributed by atoms with Crippen molar-refractivity contribution in [2.75, 3.05) is 11.4 Å². The number of hydrogen-bond acceptors (Lipinski definition) is 4. The number of aliphatic hydroxyl groups is 1. The number of benzene rings is 1. The highest BCUT2D eigenvalue weighted by atomic mass is 79.9. The van der Waals surface area contributed by atoms with Crippen LogP contribution in [0.1, 0.15) is 17.5 Å². The summed E-state index contributed by atoms with van der Waals surface area (Å²) in [6.45, 7) is 1.34. The van der Waals surface area contributed by atoms with E-state index in [1.165, 1.54) is 0 Å². The fraction of sp³-hybridized carbons (Fsp3) is 0.250. The summed E-state index contributed by atoms with van der Waals surface area (Å²) in [6, 6.07) is 11.9. The zero-order valence-corrected chi connectivity index (χ0v) is 13.1. The predicted octanol–water partition coefficient (Wildman–Crippen LogP) is 3.26. The highest BCUT2D eigenvalue weighted by Crippen LogP contribution is 2.28. The zero-order chi connectivity index (χ0) is 15.1. The number of halogens is 1. The Morgan fingerprint density at radius 2 is 2.14 bits per heavy atom. The number of rotatable bonds is 6. The van der Waals surface area contributed by atoms with E-state index in [0.717, 1.165) is 21.3 Å². The lowest BCUT2D eigenvalue weighted by Crippen LogP contribution is -2.24. The molecule has 0 unspecified atom stereocenters.